The lowest BCUT2D eigenvalue weighted by atomic mass is 10.2. The minimum absolute atomic E-state index is 0.00786. The number of nitrogens with two attached hydrogens (primary N) is 1. The molecule has 1 aromatic heterocycles. The smallest absolute Gasteiger partial charge is 0.354 e. The van der Waals surface area contributed by atoms with Crippen molar-refractivity contribution in [3.05, 3.63) is 17.8 Å². The zero-order valence-corrected chi connectivity index (χ0v) is 11.0. The molecule has 0 radical (unpaired) electrons. The lowest BCUT2D eigenvalue weighted by Crippen LogP contribution is -2.24. The van der Waals surface area contributed by atoms with Gasteiger partial charge in [-0.3, -0.25) is 0 Å². The number of nitrogens with zero attached hydrogens (tertiary/aromatic N) is 2. The van der Waals surface area contributed by atoms with E-state index in [0.29, 0.717) is 11.5 Å². The first-order valence-electron chi connectivity index (χ1n) is 5.81. The maximum atomic E-state index is 10.8. The number of nitrogen functional groups attached to an aromatic ring is 1. The van der Waals surface area contributed by atoms with Crippen LogP contribution in [0.4, 0.5) is 11.5 Å². The van der Waals surface area contributed by atoms with Crippen molar-refractivity contribution in [1.82, 2.24) is 9.88 Å². The fourth-order valence-corrected chi connectivity index (χ4v) is 1.46. The van der Waals surface area contributed by atoms with E-state index in [4.69, 9.17) is 10.8 Å². The Kier molecular flexibility index (Phi) is 4.91. The molecule has 0 aliphatic carbocycles. The minimum atomic E-state index is -1.06. The van der Waals surface area contributed by atoms with Gasteiger partial charge < -0.3 is 21.1 Å². The number of carboxylic acids is 1. The molecule has 0 bridgehead atoms. The van der Waals surface area contributed by atoms with Crippen molar-refractivity contribution < 1.29 is 9.90 Å². The molecule has 0 aliphatic rings. The lowest BCUT2D eigenvalue weighted by molar-refractivity contribution is 0.0690. The molecule has 1 heterocycles. The first-order chi connectivity index (χ1) is 8.40. The lowest BCUT2D eigenvalue weighted by Gasteiger charge is -2.18. The van der Waals surface area contributed by atoms with Crippen LogP contribution in [0, 0.1) is 0 Å². The molecule has 6 heteroatoms. The summed E-state index contributed by atoms with van der Waals surface area (Å²) in [4.78, 5) is 16.9. The Bertz CT molecular complexity index is 421. The second-order valence-corrected chi connectivity index (χ2v) is 4.58. The summed E-state index contributed by atoms with van der Waals surface area (Å²) in [6, 6.07) is 3.12. The number of nitrogens with one attached hydrogen (secondary N) is 1. The predicted molar refractivity (Wildman–Crippen MR) is 71.9 cm³/mol. The summed E-state index contributed by atoms with van der Waals surface area (Å²) < 4.78 is 0. The van der Waals surface area contributed by atoms with E-state index in [1.165, 1.54) is 6.07 Å². The number of pyridine rings is 1. The number of carboxylic acid groups (broad SMARTS) is 1. The van der Waals surface area contributed by atoms with Crippen LogP contribution in [0.2, 0.25) is 0 Å². The average molecular weight is 252 g/mol. The van der Waals surface area contributed by atoms with Gasteiger partial charge in [-0.2, -0.15) is 0 Å². The number of hydrogen-bond acceptors (Lipinski definition) is 5. The van der Waals surface area contributed by atoms with Gasteiger partial charge in [0.2, 0.25) is 0 Å². The maximum absolute atomic E-state index is 10.8. The van der Waals surface area contributed by atoms with Gasteiger partial charge in [-0.15, -0.1) is 0 Å². The highest BCUT2D eigenvalue weighted by atomic mass is 16.4. The molecule has 1 atom stereocenters. The van der Waals surface area contributed by atoms with Gasteiger partial charge in [-0.25, -0.2) is 9.78 Å². The molecule has 4 N–H and O–H groups in total. The van der Waals surface area contributed by atoms with Crippen molar-refractivity contribution in [1.29, 1.82) is 0 Å². The van der Waals surface area contributed by atoms with Crippen LogP contribution in [0.5, 0.6) is 0 Å². The Morgan fingerprint density at radius 1 is 1.56 bits per heavy atom. The molecule has 0 aliphatic heterocycles. The molecule has 0 spiro atoms. The molecule has 1 unspecified atom stereocenters. The zero-order chi connectivity index (χ0) is 13.7. The number of aromatic carboxylic acids is 1. The van der Waals surface area contributed by atoms with E-state index in [1.807, 2.05) is 21.0 Å². The SMILES string of the molecule is CC(CCN(C)C)Nc1nc(C(=O)O)ccc1N. The summed E-state index contributed by atoms with van der Waals surface area (Å²) in [7, 11) is 4.01. The zero-order valence-electron chi connectivity index (χ0n) is 11.0. The Morgan fingerprint density at radius 3 is 2.78 bits per heavy atom. The number of aromatic nitrogens is 1. The molecule has 100 valence electrons. The highest BCUT2D eigenvalue weighted by Crippen LogP contribution is 2.17. The van der Waals surface area contributed by atoms with Crippen molar-refractivity contribution >= 4 is 17.5 Å². The second-order valence-electron chi connectivity index (χ2n) is 4.58. The molecule has 1 aromatic rings. The molecule has 18 heavy (non-hydrogen) atoms. The standard InChI is InChI=1S/C12H20N4O2/c1-8(6-7-16(2)3)14-11-9(13)4-5-10(15-11)12(17)18/h4-5,8H,6-7,13H2,1-3H3,(H,14,15)(H,17,18). The van der Waals surface area contributed by atoms with E-state index in [0.717, 1.165) is 13.0 Å². The molecule has 0 saturated heterocycles. The third-order valence-corrected chi connectivity index (χ3v) is 2.54. The fraction of sp³-hybridized carbons (Fsp3) is 0.500. The highest BCUT2D eigenvalue weighted by molar-refractivity contribution is 5.86. The van der Waals surface area contributed by atoms with Crippen LogP contribution < -0.4 is 11.1 Å². The van der Waals surface area contributed by atoms with E-state index in [1.54, 1.807) is 6.07 Å². The number of hydrogen-bond donors (Lipinski definition) is 3. The maximum Gasteiger partial charge on any atom is 0.354 e. The van der Waals surface area contributed by atoms with Gasteiger partial charge in [-0.1, -0.05) is 0 Å². The first kappa shape index (κ1) is 14.2. The number of rotatable bonds is 6. The minimum Gasteiger partial charge on any atom is -0.477 e. The average Bonchev–Trinajstić information content (AvgIpc) is 2.29. The van der Waals surface area contributed by atoms with E-state index < -0.39 is 5.97 Å². The molecular weight excluding hydrogens is 232 g/mol. The molecule has 0 amide bonds. The van der Waals surface area contributed by atoms with Gasteiger partial charge in [0.15, 0.2) is 5.69 Å². The van der Waals surface area contributed by atoms with Crippen LogP contribution >= 0.6 is 0 Å². The van der Waals surface area contributed by atoms with Gasteiger partial charge in [-0.05, 0) is 46.1 Å². The third-order valence-electron chi connectivity index (χ3n) is 2.54. The van der Waals surface area contributed by atoms with Crippen molar-refractivity contribution in [3.63, 3.8) is 0 Å². The van der Waals surface area contributed by atoms with Gasteiger partial charge >= 0.3 is 5.97 Å². The van der Waals surface area contributed by atoms with Gasteiger partial charge in [0.25, 0.3) is 0 Å². The normalized spacial score (nSPS) is 12.4. The van der Waals surface area contributed by atoms with Crippen molar-refractivity contribution in [3.8, 4) is 0 Å². The van der Waals surface area contributed by atoms with Crippen LogP contribution in [0.3, 0.4) is 0 Å². The summed E-state index contributed by atoms with van der Waals surface area (Å²) >= 11 is 0. The molecule has 1 rings (SSSR count). The van der Waals surface area contributed by atoms with Gasteiger partial charge in [0.1, 0.15) is 5.82 Å². The van der Waals surface area contributed by atoms with Crippen molar-refractivity contribution in [2.75, 3.05) is 31.7 Å². The summed E-state index contributed by atoms with van der Waals surface area (Å²) in [6.45, 7) is 2.95. The Balaban J connectivity index is 2.71. The van der Waals surface area contributed by atoms with Gasteiger partial charge in [0.05, 0.1) is 5.69 Å². The summed E-state index contributed by atoms with van der Waals surface area (Å²) in [5.41, 5.74) is 6.21. The summed E-state index contributed by atoms with van der Waals surface area (Å²) in [6.07, 6.45) is 0.922. The van der Waals surface area contributed by atoms with E-state index in [-0.39, 0.29) is 11.7 Å². The molecule has 0 saturated carbocycles. The first-order valence-corrected chi connectivity index (χ1v) is 5.81. The number of carbonyl (C=O) groups is 1. The van der Waals surface area contributed by atoms with E-state index >= 15 is 0 Å². The van der Waals surface area contributed by atoms with E-state index in [2.05, 4.69) is 15.2 Å². The summed E-state index contributed by atoms with van der Waals surface area (Å²) in [5, 5.41) is 12.0. The van der Waals surface area contributed by atoms with Crippen LogP contribution in [0.15, 0.2) is 12.1 Å². The molecule has 6 nitrogen and oxygen atoms in total. The third kappa shape index (κ3) is 4.21. The monoisotopic (exact) mass is 252 g/mol. The van der Waals surface area contributed by atoms with Crippen LogP contribution in [0.25, 0.3) is 0 Å². The molecule has 0 aromatic carbocycles. The Labute approximate surface area is 107 Å². The summed E-state index contributed by atoms with van der Waals surface area (Å²) in [5.74, 6) is -0.625. The predicted octanol–water partition coefficient (Wildman–Crippen LogP) is 1.11. The molecular formula is C12H20N4O2. The van der Waals surface area contributed by atoms with Crippen molar-refractivity contribution in [2.45, 2.75) is 19.4 Å². The second kappa shape index (κ2) is 6.20. The van der Waals surface area contributed by atoms with Crippen LogP contribution in [0.1, 0.15) is 23.8 Å². The van der Waals surface area contributed by atoms with Crippen molar-refractivity contribution in [2.24, 2.45) is 0 Å². The van der Waals surface area contributed by atoms with E-state index in [9.17, 15) is 4.79 Å². The Morgan fingerprint density at radius 2 is 2.22 bits per heavy atom. The van der Waals surface area contributed by atoms with Crippen LogP contribution in [-0.2, 0) is 0 Å². The van der Waals surface area contributed by atoms with Crippen LogP contribution in [-0.4, -0.2) is 47.6 Å². The molecule has 0 fully saturated rings. The Hall–Kier alpha value is -1.82. The largest absolute Gasteiger partial charge is 0.477 e. The fourth-order valence-electron chi connectivity index (χ4n) is 1.46. The van der Waals surface area contributed by atoms with Gasteiger partial charge in [0, 0.05) is 6.04 Å². The highest BCUT2D eigenvalue weighted by Gasteiger charge is 2.10. The quantitative estimate of drug-likeness (QED) is 0.702. The number of anilines is 2. The topological polar surface area (TPSA) is 91.5 Å².